The number of nitrogens with one attached hydrogen (secondary N) is 2. The standard InChI is InChI=1S/C18H28N4O/c1-14-5-2-8-20-17(14)13-22-10-4-6-15(12-22)11-21-18(23)16-7-3-9-19-16/h2,5,8,15-16,19H,3-4,6-7,9-13H2,1H3,(H,21,23). The summed E-state index contributed by atoms with van der Waals surface area (Å²) in [6.07, 6.45) is 6.36. The van der Waals surface area contributed by atoms with Crippen LogP contribution in [0.2, 0.25) is 0 Å². The normalized spacial score (nSPS) is 25.4. The molecule has 3 heterocycles. The lowest BCUT2D eigenvalue weighted by Gasteiger charge is -2.33. The van der Waals surface area contributed by atoms with Crippen molar-refractivity contribution in [3.8, 4) is 0 Å². The molecule has 1 aromatic rings. The Bertz CT molecular complexity index is 528. The first-order valence-electron chi connectivity index (χ1n) is 8.86. The molecule has 0 aliphatic carbocycles. The lowest BCUT2D eigenvalue weighted by molar-refractivity contribution is -0.123. The molecule has 0 aromatic carbocycles. The van der Waals surface area contributed by atoms with Crippen molar-refractivity contribution in [1.82, 2.24) is 20.5 Å². The van der Waals surface area contributed by atoms with Crippen molar-refractivity contribution >= 4 is 5.91 Å². The van der Waals surface area contributed by atoms with Gasteiger partial charge in [-0.05, 0) is 63.2 Å². The SMILES string of the molecule is Cc1cccnc1CN1CCCC(CNC(=O)C2CCCN2)C1. The van der Waals surface area contributed by atoms with Gasteiger partial charge in [0, 0.05) is 25.8 Å². The van der Waals surface area contributed by atoms with Crippen molar-refractivity contribution in [2.24, 2.45) is 5.92 Å². The van der Waals surface area contributed by atoms with E-state index >= 15 is 0 Å². The highest BCUT2D eigenvalue weighted by molar-refractivity contribution is 5.81. The second kappa shape index (κ2) is 7.88. The minimum absolute atomic E-state index is 0.0332. The van der Waals surface area contributed by atoms with Gasteiger partial charge in [-0.3, -0.25) is 14.7 Å². The molecule has 0 spiro atoms. The van der Waals surface area contributed by atoms with E-state index in [1.165, 1.54) is 24.1 Å². The largest absolute Gasteiger partial charge is 0.354 e. The number of aryl methyl sites for hydroxylation is 1. The minimum atomic E-state index is 0.0332. The Morgan fingerprint density at radius 3 is 3.13 bits per heavy atom. The summed E-state index contributed by atoms with van der Waals surface area (Å²) in [5.74, 6) is 0.735. The molecule has 0 bridgehead atoms. The number of likely N-dealkylation sites (tertiary alicyclic amines) is 1. The summed E-state index contributed by atoms with van der Waals surface area (Å²) in [6, 6.07) is 4.15. The molecule has 1 amide bonds. The Hall–Kier alpha value is -1.46. The fraction of sp³-hybridized carbons (Fsp3) is 0.667. The van der Waals surface area contributed by atoms with E-state index in [9.17, 15) is 4.79 Å². The highest BCUT2D eigenvalue weighted by atomic mass is 16.2. The number of carbonyl (C=O) groups is 1. The fourth-order valence-corrected chi connectivity index (χ4v) is 3.63. The molecule has 2 aliphatic rings. The van der Waals surface area contributed by atoms with Crippen LogP contribution in [0.1, 0.15) is 36.9 Å². The number of pyridine rings is 1. The zero-order valence-electron chi connectivity index (χ0n) is 14.1. The maximum absolute atomic E-state index is 12.1. The van der Waals surface area contributed by atoms with Gasteiger partial charge in [-0.15, -0.1) is 0 Å². The maximum atomic E-state index is 12.1. The first-order chi connectivity index (χ1) is 11.2. The van der Waals surface area contributed by atoms with Gasteiger partial charge in [-0.1, -0.05) is 6.07 Å². The maximum Gasteiger partial charge on any atom is 0.237 e. The number of aromatic nitrogens is 1. The summed E-state index contributed by atoms with van der Waals surface area (Å²) in [5.41, 5.74) is 2.43. The average Bonchev–Trinajstić information content (AvgIpc) is 3.10. The highest BCUT2D eigenvalue weighted by Crippen LogP contribution is 2.18. The molecule has 0 radical (unpaired) electrons. The molecule has 0 saturated carbocycles. The summed E-state index contributed by atoms with van der Waals surface area (Å²) in [7, 11) is 0. The summed E-state index contributed by atoms with van der Waals surface area (Å²) in [4.78, 5) is 19.1. The topological polar surface area (TPSA) is 57.3 Å². The molecular weight excluding hydrogens is 288 g/mol. The van der Waals surface area contributed by atoms with Crippen molar-refractivity contribution in [2.75, 3.05) is 26.2 Å². The van der Waals surface area contributed by atoms with Crippen LogP contribution in [-0.2, 0) is 11.3 Å². The molecule has 23 heavy (non-hydrogen) atoms. The fourth-order valence-electron chi connectivity index (χ4n) is 3.63. The van der Waals surface area contributed by atoms with Gasteiger partial charge in [0.1, 0.15) is 0 Å². The molecule has 2 fully saturated rings. The van der Waals surface area contributed by atoms with E-state index in [1.807, 2.05) is 12.3 Å². The van der Waals surface area contributed by atoms with E-state index in [-0.39, 0.29) is 11.9 Å². The van der Waals surface area contributed by atoms with Crippen LogP contribution in [0, 0.1) is 12.8 Å². The van der Waals surface area contributed by atoms with Gasteiger partial charge >= 0.3 is 0 Å². The summed E-state index contributed by atoms with van der Waals surface area (Å²) in [6.45, 7) is 6.99. The Morgan fingerprint density at radius 2 is 2.35 bits per heavy atom. The van der Waals surface area contributed by atoms with Crippen LogP contribution in [0.15, 0.2) is 18.3 Å². The number of amides is 1. The number of nitrogens with zero attached hydrogens (tertiary/aromatic N) is 2. The zero-order valence-corrected chi connectivity index (χ0v) is 14.1. The molecule has 2 atom stereocenters. The summed E-state index contributed by atoms with van der Waals surface area (Å²) < 4.78 is 0. The molecular formula is C18H28N4O. The van der Waals surface area contributed by atoms with Crippen LogP contribution < -0.4 is 10.6 Å². The number of hydrogen-bond acceptors (Lipinski definition) is 4. The van der Waals surface area contributed by atoms with Crippen LogP contribution in [0.5, 0.6) is 0 Å². The van der Waals surface area contributed by atoms with E-state index in [0.29, 0.717) is 5.92 Å². The van der Waals surface area contributed by atoms with Gasteiger partial charge in [-0.25, -0.2) is 0 Å². The minimum Gasteiger partial charge on any atom is -0.354 e. The number of carbonyl (C=O) groups excluding carboxylic acids is 1. The van der Waals surface area contributed by atoms with Crippen molar-refractivity contribution < 1.29 is 4.79 Å². The second-order valence-electron chi connectivity index (χ2n) is 6.90. The average molecular weight is 316 g/mol. The van der Waals surface area contributed by atoms with Gasteiger partial charge in [0.25, 0.3) is 0 Å². The van der Waals surface area contributed by atoms with E-state index < -0.39 is 0 Å². The lowest BCUT2D eigenvalue weighted by atomic mass is 9.97. The highest BCUT2D eigenvalue weighted by Gasteiger charge is 2.24. The first kappa shape index (κ1) is 16.4. The molecule has 5 nitrogen and oxygen atoms in total. The Morgan fingerprint density at radius 1 is 1.43 bits per heavy atom. The van der Waals surface area contributed by atoms with Crippen LogP contribution in [0.3, 0.4) is 0 Å². The van der Waals surface area contributed by atoms with Crippen molar-refractivity contribution in [1.29, 1.82) is 0 Å². The van der Waals surface area contributed by atoms with Crippen molar-refractivity contribution in [3.05, 3.63) is 29.6 Å². The van der Waals surface area contributed by atoms with Crippen molar-refractivity contribution in [2.45, 2.75) is 45.2 Å². The molecule has 126 valence electrons. The van der Waals surface area contributed by atoms with Crippen LogP contribution in [0.25, 0.3) is 0 Å². The van der Waals surface area contributed by atoms with Gasteiger partial charge in [0.05, 0.1) is 11.7 Å². The molecule has 2 saturated heterocycles. The van der Waals surface area contributed by atoms with Gasteiger partial charge < -0.3 is 10.6 Å². The summed E-state index contributed by atoms with van der Waals surface area (Å²) >= 11 is 0. The molecule has 2 unspecified atom stereocenters. The number of rotatable bonds is 5. The van der Waals surface area contributed by atoms with E-state index in [1.54, 1.807) is 0 Å². The molecule has 2 aliphatic heterocycles. The summed E-state index contributed by atoms with van der Waals surface area (Å²) in [5, 5.41) is 6.41. The van der Waals surface area contributed by atoms with Crippen LogP contribution >= 0.6 is 0 Å². The molecule has 1 aromatic heterocycles. The third kappa shape index (κ3) is 4.52. The molecule has 2 N–H and O–H groups in total. The lowest BCUT2D eigenvalue weighted by Crippen LogP contribution is -2.45. The zero-order chi connectivity index (χ0) is 16.1. The molecule has 5 heteroatoms. The van der Waals surface area contributed by atoms with E-state index in [4.69, 9.17) is 0 Å². The quantitative estimate of drug-likeness (QED) is 0.864. The second-order valence-corrected chi connectivity index (χ2v) is 6.90. The van der Waals surface area contributed by atoms with E-state index in [0.717, 1.165) is 45.6 Å². The predicted octanol–water partition coefficient (Wildman–Crippen LogP) is 1.47. The number of hydrogen-bond donors (Lipinski definition) is 2. The Labute approximate surface area is 138 Å². The van der Waals surface area contributed by atoms with E-state index in [2.05, 4.69) is 33.5 Å². The van der Waals surface area contributed by atoms with Crippen LogP contribution in [-0.4, -0.2) is 48.0 Å². The van der Waals surface area contributed by atoms with Crippen LogP contribution in [0.4, 0.5) is 0 Å². The first-order valence-corrected chi connectivity index (χ1v) is 8.86. The van der Waals surface area contributed by atoms with Gasteiger partial charge in [-0.2, -0.15) is 0 Å². The van der Waals surface area contributed by atoms with Gasteiger partial charge in [0.2, 0.25) is 5.91 Å². The predicted molar refractivity (Wildman–Crippen MR) is 91.0 cm³/mol. The van der Waals surface area contributed by atoms with Gasteiger partial charge in [0.15, 0.2) is 0 Å². The van der Waals surface area contributed by atoms with Crippen molar-refractivity contribution in [3.63, 3.8) is 0 Å². The molecule has 3 rings (SSSR count). The monoisotopic (exact) mass is 316 g/mol. The number of piperidine rings is 1. The third-order valence-electron chi connectivity index (χ3n) is 5.04. The Kier molecular flexibility index (Phi) is 5.62. The Balaban J connectivity index is 1.46. The third-order valence-corrected chi connectivity index (χ3v) is 5.04. The smallest absolute Gasteiger partial charge is 0.237 e.